The van der Waals surface area contributed by atoms with Crippen LogP contribution in [-0.4, -0.2) is 26.4 Å². The van der Waals surface area contributed by atoms with Crippen LogP contribution in [0.1, 0.15) is 32.6 Å². The Morgan fingerprint density at radius 3 is 1.77 bits per heavy atom. The van der Waals surface area contributed by atoms with E-state index in [2.05, 4.69) is 0 Å². The molecular formula is C21H18O5. The molecule has 0 aliphatic heterocycles. The Hall–Kier alpha value is -3.47. The van der Waals surface area contributed by atoms with E-state index in [1.54, 1.807) is 48.5 Å². The summed E-state index contributed by atoms with van der Waals surface area (Å²) in [6.07, 6.45) is 0.543. The smallest absolute Gasteiger partial charge is 0.339 e. The van der Waals surface area contributed by atoms with E-state index in [1.165, 1.54) is 6.07 Å². The number of carbonyl (C=O) groups is 1. The summed E-state index contributed by atoms with van der Waals surface area (Å²) in [7, 11) is 0. The van der Waals surface area contributed by atoms with E-state index in [0.29, 0.717) is 28.7 Å². The van der Waals surface area contributed by atoms with Crippen molar-refractivity contribution in [1.29, 1.82) is 0 Å². The van der Waals surface area contributed by atoms with Gasteiger partial charge < -0.3 is 20.4 Å². The van der Waals surface area contributed by atoms with Crippen molar-refractivity contribution in [2.75, 3.05) is 0 Å². The summed E-state index contributed by atoms with van der Waals surface area (Å²) in [6.45, 7) is 0. The molecule has 132 valence electrons. The van der Waals surface area contributed by atoms with Crippen LogP contribution in [-0.2, 0) is 12.8 Å². The van der Waals surface area contributed by atoms with E-state index >= 15 is 0 Å². The van der Waals surface area contributed by atoms with E-state index in [9.17, 15) is 20.1 Å². The van der Waals surface area contributed by atoms with Gasteiger partial charge in [0.2, 0.25) is 0 Å². The molecule has 0 fully saturated rings. The van der Waals surface area contributed by atoms with Crippen molar-refractivity contribution in [3.8, 4) is 17.2 Å². The molecule has 0 unspecified atom stereocenters. The second-order valence-electron chi connectivity index (χ2n) is 6.03. The van der Waals surface area contributed by atoms with Gasteiger partial charge in [-0.3, -0.25) is 0 Å². The van der Waals surface area contributed by atoms with Crippen LogP contribution in [0.15, 0.2) is 60.7 Å². The van der Waals surface area contributed by atoms with Gasteiger partial charge in [-0.15, -0.1) is 0 Å². The van der Waals surface area contributed by atoms with Gasteiger partial charge in [0.25, 0.3) is 0 Å². The Morgan fingerprint density at radius 1 is 0.654 bits per heavy atom. The minimum atomic E-state index is -1.21. The average Bonchev–Trinajstić information content (AvgIpc) is 2.61. The maximum absolute atomic E-state index is 11.1. The molecule has 5 nitrogen and oxygen atoms in total. The highest BCUT2D eigenvalue weighted by atomic mass is 16.4. The fraction of sp³-hybridized carbons (Fsp3) is 0.0952. The number of aromatic hydroxyl groups is 3. The molecule has 3 aromatic rings. The normalized spacial score (nSPS) is 10.6. The number of carboxylic acid groups (broad SMARTS) is 1. The van der Waals surface area contributed by atoms with Crippen molar-refractivity contribution in [3.05, 3.63) is 88.5 Å². The van der Waals surface area contributed by atoms with Crippen molar-refractivity contribution in [2.45, 2.75) is 12.8 Å². The van der Waals surface area contributed by atoms with Gasteiger partial charge in [0.1, 0.15) is 22.8 Å². The summed E-state index contributed by atoms with van der Waals surface area (Å²) in [5.41, 5.74) is 2.14. The third-order valence-electron chi connectivity index (χ3n) is 4.31. The van der Waals surface area contributed by atoms with E-state index in [0.717, 1.165) is 0 Å². The molecule has 0 radical (unpaired) electrons. The van der Waals surface area contributed by atoms with E-state index < -0.39 is 5.97 Å². The quantitative estimate of drug-likeness (QED) is 0.563. The van der Waals surface area contributed by atoms with Gasteiger partial charge in [-0.25, -0.2) is 4.79 Å². The second-order valence-corrected chi connectivity index (χ2v) is 6.03. The molecular weight excluding hydrogens is 332 g/mol. The number of benzene rings is 3. The van der Waals surface area contributed by atoms with Crippen LogP contribution in [0, 0.1) is 0 Å². The number of hydrogen-bond donors (Lipinski definition) is 4. The number of hydrogen-bond acceptors (Lipinski definition) is 4. The largest absolute Gasteiger partial charge is 0.508 e. The van der Waals surface area contributed by atoms with Crippen LogP contribution in [0.25, 0.3) is 0 Å². The Morgan fingerprint density at radius 2 is 1.15 bits per heavy atom. The number of aromatic carboxylic acids is 1. The SMILES string of the molecule is O=C(O)c1cccc(Cc2cccc(Cc3ccccc3O)c2O)c1O. The van der Waals surface area contributed by atoms with Crippen LogP contribution in [0.4, 0.5) is 0 Å². The molecule has 5 heteroatoms. The molecule has 3 aromatic carbocycles. The zero-order valence-electron chi connectivity index (χ0n) is 13.9. The van der Waals surface area contributed by atoms with Gasteiger partial charge in [-0.2, -0.15) is 0 Å². The Balaban J connectivity index is 1.92. The van der Waals surface area contributed by atoms with E-state index in [1.807, 2.05) is 6.07 Å². The van der Waals surface area contributed by atoms with Crippen molar-refractivity contribution in [2.24, 2.45) is 0 Å². The fourth-order valence-corrected chi connectivity index (χ4v) is 2.91. The third-order valence-corrected chi connectivity index (χ3v) is 4.31. The molecule has 0 bridgehead atoms. The average molecular weight is 350 g/mol. The molecule has 0 spiro atoms. The van der Waals surface area contributed by atoms with Crippen LogP contribution >= 0.6 is 0 Å². The lowest BCUT2D eigenvalue weighted by Gasteiger charge is -2.12. The fourth-order valence-electron chi connectivity index (χ4n) is 2.91. The first-order chi connectivity index (χ1) is 12.5. The van der Waals surface area contributed by atoms with Crippen molar-refractivity contribution in [1.82, 2.24) is 0 Å². The minimum Gasteiger partial charge on any atom is -0.508 e. The highest BCUT2D eigenvalue weighted by molar-refractivity contribution is 5.91. The summed E-state index contributed by atoms with van der Waals surface area (Å²) >= 11 is 0. The number of phenolic OH excluding ortho intramolecular Hbond substituents is 2. The lowest BCUT2D eigenvalue weighted by atomic mass is 9.96. The Labute approximate surface area is 150 Å². The first kappa shape index (κ1) is 17.4. The summed E-state index contributed by atoms with van der Waals surface area (Å²) < 4.78 is 0. The van der Waals surface area contributed by atoms with Crippen molar-refractivity contribution >= 4 is 5.97 Å². The van der Waals surface area contributed by atoms with Crippen LogP contribution in [0.2, 0.25) is 0 Å². The molecule has 0 saturated carbocycles. The summed E-state index contributed by atoms with van der Waals surface area (Å²) in [6, 6.07) is 16.7. The predicted molar refractivity (Wildman–Crippen MR) is 96.9 cm³/mol. The Kier molecular flexibility index (Phi) is 4.80. The van der Waals surface area contributed by atoms with Crippen molar-refractivity contribution < 1.29 is 25.2 Å². The number of para-hydroxylation sites is 3. The van der Waals surface area contributed by atoms with Gasteiger partial charge >= 0.3 is 5.97 Å². The first-order valence-electron chi connectivity index (χ1n) is 8.08. The van der Waals surface area contributed by atoms with Gasteiger partial charge in [0.05, 0.1) is 0 Å². The van der Waals surface area contributed by atoms with Gasteiger partial charge in [-0.1, -0.05) is 48.5 Å². The topological polar surface area (TPSA) is 98.0 Å². The molecule has 4 N–H and O–H groups in total. The molecule has 0 aromatic heterocycles. The lowest BCUT2D eigenvalue weighted by molar-refractivity contribution is 0.0693. The summed E-state index contributed by atoms with van der Waals surface area (Å²) in [4.78, 5) is 11.1. The lowest BCUT2D eigenvalue weighted by Crippen LogP contribution is -2.00. The standard InChI is InChI=1S/C21H18O5/c22-18-10-2-1-5-13(18)11-14-6-3-7-15(19(14)23)12-16-8-4-9-17(20(16)24)21(25)26/h1-10,22-24H,11-12H2,(H,25,26). The van der Waals surface area contributed by atoms with Gasteiger partial charge in [0, 0.05) is 12.8 Å². The zero-order valence-corrected chi connectivity index (χ0v) is 13.9. The second kappa shape index (κ2) is 7.19. The third kappa shape index (κ3) is 3.47. The summed E-state index contributed by atoms with van der Waals surface area (Å²) in [5, 5.41) is 39.8. The molecule has 0 amide bonds. The highest BCUT2D eigenvalue weighted by Gasteiger charge is 2.16. The zero-order chi connectivity index (χ0) is 18.7. The van der Waals surface area contributed by atoms with Crippen LogP contribution < -0.4 is 0 Å². The van der Waals surface area contributed by atoms with Crippen molar-refractivity contribution in [3.63, 3.8) is 0 Å². The molecule has 0 atom stereocenters. The number of rotatable bonds is 5. The van der Waals surface area contributed by atoms with E-state index in [-0.39, 0.29) is 29.2 Å². The molecule has 0 aliphatic rings. The van der Waals surface area contributed by atoms with Gasteiger partial charge in [0.15, 0.2) is 0 Å². The molecule has 0 aliphatic carbocycles. The number of phenols is 3. The molecule has 0 heterocycles. The monoisotopic (exact) mass is 350 g/mol. The Bertz CT molecular complexity index is 962. The molecule has 0 saturated heterocycles. The first-order valence-corrected chi connectivity index (χ1v) is 8.08. The molecule has 26 heavy (non-hydrogen) atoms. The maximum atomic E-state index is 11.1. The maximum Gasteiger partial charge on any atom is 0.339 e. The minimum absolute atomic E-state index is 0.0656. The molecule has 3 rings (SSSR count). The predicted octanol–water partition coefficient (Wildman–Crippen LogP) is 3.68. The van der Waals surface area contributed by atoms with Gasteiger partial charge in [-0.05, 0) is 34.4 Å². The summed E-state index contributed by atoms with van der Waals surface area (Å²) in [5.74, 6) is -1.28. The highest BCUT2D eigenvalue weighted by Crippen LogP contribution is 2.32. The van der Waals surface area contributed by atoms with Crippen LogP contribution in [0.3, 0.4) is 0 Å². The number of carboxylic acids is 1. The van der Waals surface area contributed by atoms with E-state index in [4.69, 9.17) is 5.11 Å². The van der Waals surface area contributed by atoms with Crippen LogP contribution in [0.5, 0.6) is 17.2 Å².